The number of ether oxygens (including phenoxy) is 1. The number of anilines is 1. The van der Waals surface area contributed by atoms with Gasteiger partial charge in [-0.25, -0.2) is 9.97 Å². The van der Waals surface area contributed by atoms with E-state index in [0.29, 0.717) is 29.6 Å². The van der Waals surface area contributed by atoms with Crippen molar-refractivity contribution in [3.05, 3.63) is 18.1 Å². The molecule has 2 fully saturated rings. The fourth-order valence-electron chi connectivity index (χ4n) is 3.06. The highest BCUT2D eigenvalue weighted by molar-refractivity contribution is 5.47. The molecule has 1 saturated carbocycles. The van der Waals surface area contributed by atoms with Crippen LogP contribution in [-0.4, -0.2) is 28.7 Å². The van der Waals surface area contributed by atoms with Crippen LogP contribution in [0.5, 0.6) is 0 Å². The van der Waals surface area contributed by atoms with Gasteiger partial charge in [-0.3, -0.25) is 0 Å². The van der Waals surface area contributed by atoms with Gasteiger partial charge in [-0.2, -0.15) is 5.26 Å². The first-order chi connectivity index (χ1) is 8.88. The third kappa shape index (κ3) is 2.04. The van der Waals surface area contributed by atoms with Crippen molar-refractivity contribution in [2.45, 2.75) is 37.8 Å². The summed E-state index contributed by atoms with van der Waals surface area (Å²) in [7, 11) is 0. The average molecular weight is 244 g/mol. The quantitative estimate of drug-likeness (QED) is 0.857. The molecule has 5 nitrogen and oxygen atoms in total. The topological polar surface area (TPSA) is 70.8 Å². The number of hydrogen-bond acceptors (Lipinski definition) is 5. The maximum atomic E-state index is 9.02. The normalized spacial score (nSPS) is 30.5. The van der Waals surface area contributed by atoms with E-state index in [0.717, 1.165) is 25.9 Å². The molecule has 3 rings (SSSR count). The first kappa shape index (κ1) is 11.4. The molecule has 5 heteroatoms. The Hall–Kier alpha value is -1.67. The van der Waals surface area contributed by atoms with Crippen LogP contribution in [0, 0.1) is 17.2 Å². The maximum absolute atomic E-state index is 9.02. The Morgan fingerprint density at radius 2 is 2.17 bits per heavy atom. The fourth-order valence-corrected chi connectivity index (χ4v) is 3.06. The molecular weight excluding hydrogens is 228 g/mol. The summed E-state index contributed by atoms with van der Waals surface area (Å²) in [6.45, 7) is 0.860. The number of rotatable bonds is 2. The molecule has 0 unspecified atom stereocenters. The lowest BCUT2D eigenvalue weighted by atomic mass is 9.82. The van der Waals surface area contributed by atoms with Crippen molar-refractivity contribution >= 4 is 5.82 Å². The molecule has 1 aliphatic heterocycles. The van der Waals surface area contributed by atoms with Crippen LogP contribution in [-0.2, 0) is 4.74 Å². The Morgan fingerprint density at radius 3 is 3.06 bits per heavy atom. The predicted molar refractivity (Wildman–Crippen MR) is 65.9 cm³/mol. The molecule has 1 saturated heterocycles. The van der Waals surface area contributed by atoms with Crippen molar-refractivity contribution in [1.29, 1.82) is 5.26 Å². The predicted octanol–water partition coefficient (Wildman–Crippen LogP) is 1.72. The molecule has 18 heavy (non-hydrogen) atoms. The van der Waals surface area contributed by atoms with Crippen molar-refractivity contribution in [1.82, 2.24) is 9.97 Å². The number of fused-ring (bicyclic) bond motifs is 1. The van der Waals surface area contributed by atoms with Crippen LogP contribution in [0.4, 0.5) is 5.82 Å². The first-order valence-electron chi connectivity index (χ1n) is 6.48. The summed E-state index contributed by atoms with van der Waals surface area (Å²) >= 11 is 0. The minimum absolute atomic E-state index is 0.357. The molecule has 3 atom stereocenters. The average Bonchev–Trinajstić information content (AvgIpc) is 2.89. The Morgan fingerprint density at radius 1 is 1.28 bits per heavy atom. The lowest BCUT2D eigenvalue weighted by molar-refractivity contribution is 0.0619. The molecular formula is C13H16N4O. The van der Waals surface area contributed by atoms with Crippen molar-refractivity contribution in [2.24, 2.45) is 5.92 Å². The summed E-state index contributed by atoms with van der Waals surface area (Å²) in [6, 6.07) is 2.43. The summed E-state index contributed by atoms with van der Waals surface area (Å²) < 4.78 is 5.74. The van der Waals surface area contributed by atoms with Crippen molar-refractivity contribution < 1.29 is 4.74 Å². The Bertz CT molecular complexity index is 470. The molecule has 1 aromatic rings. The van der Waals surface area contributed by atoms with Crippen LogP contribution in [0.2, 0.25) is 0 Å². The minimum atomic E-state index is 0.357. The zero-order valence-corrected chi connectivity index (χ0v) is 10.2. The van der Waals surface area contributed by atoms with Gasteiger partial charge < -0.3 is 10.1 Å². The second kappa shape index (κ2) is 4.91. The van der Waals surface area contributed by atoms with E-state index < -0.39 is 0 Å². The zero-order chi connectivity index (χ0) is 12.4. The standard InChI is InChI=1S/C13H16N4O/c14-8-11-13(16-6-5-15-11)17-10-2-1-3-12-9(10)4-7-18-12/h5-6,9-10,12H,1-4,7H2,(H,16,17)/t9-,10-,12-/m1/s1. The Labute approximate surface area is 106 Å². The van der Waals surface area contributed by atoms with Gasteiger partial charge in [-0.05, 0) is 25.7 Å². The third-order valence-corrected chi connectivity index (χ3v) is 3.91. The van der Waals surface area contributed by atoms with Gasteiger partial charge >= 0.3 is 0 Å². The van der Waals surface area contributed by atoms with Crippen molar-refractivity contribution in [3.8, 4) is 6.07 Å². The highest BCUT2D eigenvalue weighted by Crippen LogP contribution is 2.35. The lowest BCUT2D eigenvalue weighted by Crippen LogP contribution is -2.38. The summed E-state index contributed by atoms with van der Waals surface area (Å²) in [6.07, 6.45) is 8.10. The molecule has 0 radical (unpaired) electrons. The summed E-state index contributed by atoms with van der Waals surface area (Å²) in [4.78, 5) is 8.25. The minimum Gasteiger partial charge on any atom is -0.378 e. The van der Waals surface area contributed by atoms with Gasteiger partial charge in [0, 0.05) is 31.0 Å². The van der Waals surface area contributed by atoms with Gasteiger partial charge in [0.1, 0.15) is 6.07 Å². The fraction of sp³-hybridized carbons (Fsp3) is 0.615. The first-order valence-corrected chi connectivity index (χ1v) is 6.48. The van der Waals surface area contributed by atoms with Gasteiger partial charge in [0.25, 0.3) is 0 Å². The van der Waals surface area contributed by atoms with Crippen LogP contribution in [0.1, 0.15) is 31.4 Å². The number of nitriles is 1. The smallest absolute Gasteiger partial charge is 0.182 e. The van der Waals surface area contributed by atoms with E-state index in [4.69, 9.17) is 10.00 Å². The molecule has 0 amide bonds. The maximum Gasteiger partial charge on any atom is 0.182 e. The molecule has 1 aliphatic carbocycles. The van der Waals surface area contributed by atoms with Crippen molar-refractivity contribution in [3.63, 3.8) is 0 Å². The van der Waals surface area contributed by atoms with Gasteiger partial charge in [-0.15, -0.1) is 0 Å². The number of nitrogens with one attached hydrogen (secondary N) is 1. The molecule has 2 heterocycles. The van der Waals surface area contributed by atoms with Crippen molar-refractivity contribution in [2.75, 3.05) is 11.9 Å². The van der Waals surface area contributed by atoms with E-state index >= 15 is 0 Å². The van der Waals surface area contributed by atoms with Gasteiger partial charge in [-0.1, -0.05) is 0 Å². The summed E-state index contributed by atoms with van der Waals surface area (Å²) in [5.41, 5.74) is 0.374. The largest absolute Gasteiger partial charge is 0.378 e. The Balaban J connectivity index is 1.77. The van der Waals surface area contributed by atoms with E-state index in [9.17, 15) is 0 Å². The molecule has 0 spiro atoms. The van der Waals surface area contributed by atoms with Crippen LogP contribution in [0.25, 0.3) is 0 Å². The van der Waals surface area contributed by atoms with E-state index in [1.807, 2.05) is 0 Å². The van der Waals surface area contributed by atoms with E-state index in [-0.39, 0.29) is 0 Å². The summed E-state index contributed by atoms with van der Waals surface area (Å²) in [5.74, 6) is 1.16. The number of nitrogens with zero attached hydrogens (tertiary/aromatic N) is 3. The van der Waals surface area contributed by atoms with E-state index in [1.165, 1.54) is 6.42 Å². The van der Waals surface area contributed by atoms with Crippen LogP contribution in [0.3, 0.4) is 0 Å². The zero-order valence-electron chi connectivity index (χ0n) is 10.2. The SMILES string of the molecule is N#Cc1nccnc1N[C@@H]1CCC[C@H]2OCC[C@H]12. The molecule has 1 N–H and O–H groups in total. The molecule has 0 aromatic carbocycles. The number of hydrogen-bond donors (Lipinski definition) is 1. The van der Waals surface area contributed by atoms with Crippen LogP contribution >= 0.6 is 0 Å². The van der Waals surface area contributed by atoms with Gasteiger partial charge in [0.2, 0.25) is 0 Å². The highest BCUT2D eigenvalue weighted by atomic mass is 16.5. The molecule has 2 aliphatic rings. The lowest BCUT2D eigenvalue weighted by Gasteiger charge is -2.33. The van der Waals surface area contributed by atoms with E-state index in [1.54, 1.807) is 12.4 Å². The molecule has 1 aromatic heterocycles. The number of aromatic nitrogens is 2. The second-order valence-corrected chi connectivity index (χ2v) is 4.91. The van der Waals surface area contributed by atoms with Crippen LogP contribution < -0.4 is 5.32 Å². The van der Waals surface area contributed by atoms with E-state index in [2.05, 4.69) is 21.4 Å². The monoisotopic (exact) mass is 244 g/mol. The van der Waals surface area contributed by atoms with Crippen LogP contribution in [0.15, 0.2) is 12.4 Å². The summed E-state index contributed by atoms with van der Waals surface area (Å²) in [5, 5.41) is 12.4. The van der Waals surface area contributed by atoms with Gasteiger partial charge in [0.05, 0.1) is 6.10 Å². The Kier molecular flexibility index (Phi) is 3.11. The molecule has 0 bridgehead atoms. The third-order valence-electron chi connectivity index (χ3n) is 3.91. The second-order valence-electron chi connectivity index (χ2n) is 4.91. The highest BCUT2D eigenvalue weighted by Gasteiger charge is 2.37. The molecule has 94 valence electrons. The van der Waals surface area contributed by atoms with Gasteiger partial charge in [0.15, 0.2) is 11.5 Å².